The molecule has 0 bridgehead atoms. The average molecular weight is 359 g/mol. The normalized spacial score (nSPS) is 16.6. The SMILES string of the molecule is C[SiH](Cl)C(O[Si](C)(C)C)(O[Si](C)(C)C)O[Si](C)(C)C. The maximum Gasteiger partial charge on any atom is 0.242 e. The van der Waals surface area contributed by atoms with E-state index in [-0.39, 0.29) is 0 Å². The number of hydrogen-bond donors (Lipinski definition) is 0. The van der Waals surface area contributed by atoms with Crippen molar-refractivity contribution in [1.29, 1.82) is 0 Å². The van der Waals surface area contributed by atoms with Gasteiger partial charge in [-0.1, -0.05) is 6.55 Å². The molecule has 0 saturated carbocycles. The van der Waals surface area contributed by atoms with Crippen molar-refractivity contribution in [3.05, 3.63) is 0 Å². The van der Waals surface area contributed by atoms with Crippen molar-refractivity contribution in [2.45, 2.75) is 71.1 Å². The molecule has 0 aliphatic carbocycles. The van der Waals surface area contributed by atoms with Gasteiger partial charge in [-0.05, 0) is 58.9 Å². The van der Waals surface area contributed by atoms with Gasteiger partial charge in [-0.25, -0.2) is 0 Å². The van der Waals surface area contributed by atoms with Gasteiger partial charge in [-0.15, -0.1) is 0 Å². The Morgan fingerprint density at radius 3 is 1.00 bits per heavy atom. The van der Waals surface area contributed by atoms with Gasteiger partial charge in [0.2, 0.25) is 13.7 Å². The van der Waals surface area contributed by atoms with E-state index in [0.29, 0.717) is 0 Å². The molecule has 0 aliphatic rings. The van der Waals surface area contributed by atoms with Gasteiger partial charge in [0, 0.05) is 0 Å². The molecule has 19 heavy (non-hydrogen) atoms. The first-order valence-corrected chi connectivity index (χ1v) is 20.5. The van der Waals surface area contributed by atoms with E-state index in [4.69, 9.17) is 24.4 Å². The van der Waals surface area contributed by atoms with Crippen LogP contribution in [0.25, 0.3) is 0 Å². The van der Waals surface area contributed by atoms with Crippen molar-refractivity contribution in [3.63, 3.8) is 0 Å². The zero-order chi connectivity index (χ0) is 15.7. The molecule has 0 N–H and O–H groups in total. The van der Waals surface area contributed by atoms with Crippen LogP contribution in [0.5, 0.6) is 0 Å². The Balaban J connectivity index is 5.48. The third kappa shape index (κ3) is 8.82. The van der Waals surface area contributed by atoms with Crippen molar-refractivity contribution in [3.8, 4) is 0 Å². The smallest absolute Gasteiger partial charge is 0.242 e. The molecule has 8 heteroatoms. The predicted octanol–water partition coefficient (Wildman–Crippen LogP) is 4.33. The van der Waals surface area contributed by atoms with E-state index in [9.17, 15) is 0 Å². The predicted molar refractivity (Wildman–Crippen MR) is 94.9 cm³/mol. The lowest BCUT2D eigenvalue weighted by molar-refractivity contribution is -0.205. The van der Waals surface area contributed by atoms with Crippen molar-refractivity contribution < 1.29 is 13.3 Å². The Kier molecular flexibility index (Phi) is 6.78. The van der Waals surface area contributed by atoms with Crippen LogP contribution in [-0.4, -0.2) is 38.7 Å². The Hall–Kier alpha value is 1.04. The van der Waals surface area contributed by atoms with Crippen LogP contribution in [0.15, 0.2) is 0 Å². The maximum absolute atomic E-state index is 6.55. The topological polar surface area (TPSA) is 27.7 Å². The molecule has 3 nitrogen and oxygen atoms in total. The minimum absolute atomic E-state index is 0.957. The molecule has 0 fully saturated rings. The highest BCUT2D eigenvalue weighted by Crippen LogP contribution is 2.32. The lowest BCUT2D eigenvalue weighted by Gasteiger charge is -2.46. The molecule has 0 saturated heterocycles. The highest BCUT2D eigenvalue weighted by molar-refractivity contribution is 7.08. The summed E-state index contributed by atoms with van der Waals surface area (Å²) in [7, 11) is -7.24. The van der Waals surface area contributed by atoms with E-state index in [1.165, 1.54) is 0 Å². The minimum Gasteiger partial charge on any atom is -0.374 e. The summed E-state index contributed by atoms with van der Waals surface area (Å²) in [6.45, 7) is 21.4. The van der Waals surface area contributed by atoms with Gasteiger partial charge in [-0.2, -0.15) is 11.1 Å². The Morgan fingerprint density at radius 1 is 0.684 bits per heavy atom. The zero-order valence-electron chi connectivity index (χ0n) is 14.2. The van der Waals surface area contributed by atoms with E-state index < -0.39 is 38.7 Å². The van der Waals surface area contributed by atoms with Gasteiger partial charge in [-0.3, -0.25) is 0 Å². The fourth-order valence-electron chi connectivity index (χ4n) is 1.59. The summed E-state index contributed by atoms with van der Waals surface area (Å²) >= 11 is 6.55. The second kappa shape index (κ2) is 6.43. The second-order valence-electron chi connectivity index (χ2n) is 7.86. The Labute approximate surface area is 128 Å². The van der Waals surface area contributed by atoms with Crippen LogP contribution < -0.4 is 0 Å². The highest BCUT2D eigenvalue weighted by atomic mass is 35.6. The fraction of sp³-hybridized carbons (Fsp3) is 1.00. The Bertz CT molecular complexity index is 251. The van der Waals surface area contributed by atoms with Crippen LogP contribution >= 0.6 is 11.1 Å². The third-order valence-corrected chi connectivity index (χ3v) is 7.36. The van der Waals surface area contributed by atoms with Gasteiger partial charge in [0.25, 0.3) is 0 Å². The summed E-state index contributed by atoms with van der Waals surface area (Å²) < 4.78 is 19.0. The first kappa shape index (κ1) is 20.0. The first-order chi connectivity index (χ1) is 8.06. The molecule has 1 unspecified atom stereocenters. The molecule has 0 aliphatic heterocycles. The summed E-state index contributed by atoms with van der Waals surface area (Å²) in [5.41, 5.74) is -0.957. The number of hydrogen-bond acceptors (Lipinski definition) is 3. The number of rotatable bonds is 7. The van der Waals surface area contributed by atoms with E-state index in [1.807, 2.05) is 6.55 Å². The molecular formula is C11H31ClO3Si4. The van der Waals surface area contributed by atoms with E-state index in [2.05, 4.69) is 58.9 Å². The fourth-order valence-corrected chi connectivity index (χ4v) is 11.0. The van der Waals surface area contributed by atoms with Crippen molar-refractivity contribution in [2.75, 3.05) is 0 Å². The summed E-state index contributed by atoms with van der Waals surface area (Å²) in [4.78, 5) is 0. The molecule has 0 aromatic carbocycles. The third-order valence-electron chi connectivity index (χ3n) is 1.83. The molecule has 0 rings (SSSR count). The molecule has 0 amide bonds. The van der Waals surface area contributed by atoms with Gasteiger partial charge >= 0.3 is 0 Å². The van der Waals surface area contributed by atoms with Crippen molar-refractivity contribution in [1.82, 2.24) is 0 Å². The van der Waals surface area contributed by atoms with E-state index in [0.717, 1.165) is 0 Å². The molecule has 0 heterocycles. The highest BCUT2D eigenvalue weighted by Gasteiger charge is 2.49. The van der Waals surface area contributed by atoms with Gasteiger partial charge < -0.3 is 13.3 Å². The van der Waals surface area contributed by atoms with E-state index in [1.54, 1.807) is 0 Å². The van der Waals surface area contributed by atoms with Crippen molar-refractivity contribution >= 4 is 44.1 Å². The molecule has 116 valence electrons. The molecule has 1 atom stereocenters. The van der Waals surface area contributed by atoms with Crippen molar-refractivity contribution in [2.24, 2.45) is 0 Å². The molecule has 0 radical (unpaired) electrons. The summed E-state index contributed by atoms with van der Waals surface area (Å²) in [6.07, 6.45) is 0. The van der Waals surface area contributed by atoms with Crippen LogP contribution in [-0.2, 0) is 13.3 Å². The summed E-state index contributed by atoms with van der Waals surface area (Å²) in [6, 6.07) is 0. The quantitative estimate of drug-likeness (QED) is 0.385. The van der Waals surface area contributed by atoms with Crippen LogP contribution in [0, 0.1) is 0 Å². The monoisotopic (exact) mass is 358 g/mol. The van der Waals surface area contributed by atoms with Crippen LogP contribution in [0.1, 0.15) is 0 Å². The second-order valence-corrected chi connectivity index (χ2v) is 25.1. The lowest BCUT2D eigenvalue weighted by Crippen LogP contribution is -2.61. The van der Waals surface area contributed by atoms with Crippen LogP contribution in [0.2, 0.25) is 65.5 Å². The maximum atomic E-state index is 6.55. The van der Waals surface area contributed by atoms with Gasteiger partial charge in [0.1, 0.15) is 0 Å². The van der Waals surface area contributed by atoms with Gasteiger partial charge in [0.15, 0.2) is 25.0 Å². The Morgan fingerprint density at radius 2 is 0.895 bits per heavy atom. The van der Waals surface area contributed by atoms with Crippen LogP contribution in [0.4, 0.5) is 0 Å². The molecular weight excluding hydrogens is 328 g/mol. The molecule has 0 aromatic heterocycles. The van der Waals surface area contributed by atoms with Crippen LogP contribution in [0.3, 0.4) is 0 Å². The summed E-state index contributed by atoms with van der Waals surface area (Å²) in [5.74, 6) is 0. The van der Waals surface area contributed by atoms with Gasteiger partial charge in [0.05, 0.1) is 0 Å². The largest absolute Gasteiger partial charge is 0.374 e. The molecule has 0 aromatic rings. The average Bonchev–Trinajstić information content (AvgIpc) is 1.91. The standard InChI is InChI=1S/C11H31ClO3Si4/c1-16(12)11(13-17(2,3)4,14-18(5,6)7)15-19(8,9)10/h16H,1-10H3. The lowest BCUT2D eigenvalue weighted by atomic mass is 11.3. The summed E-state index contributed by atoms with van der Waals surface area (Å²) in [5, 5.41) is 0. The first-order valence-electron chi connectivity index (χ1n) is 6.81. The van der Waals surface area contributed by atoms with E-state index >= 15 is 0 Å². The zero-order valence-corrected chi connectivity index (χ0v) is 19.1. The number of halogens is 1. The molecule has 0 spiro atoms. The minimum atomic E-state index is -1.81.